The average molecular weight is 153 g/mol. The molecule has 1 rings (SSSR count). The molecule has 1 heterocycles. The fourth-order valence-electron chi connectivity index (χ4n) is 0.711. The molecular formula is C8H11NS. The Kier molecular flexibility index (Phi) is 3.19. The Bertz CT molecular complexity index is 179. The summed E-state index contributed by atoms with van der Waals surface area (Å²) in [5.74, 6) is 0. The van der Waals surface area contributed by atoms with Crippen LogP contribution in [-0.4, -0.2) is 6.54 Å². The van der Waals surface area contributed by atoms with E-state index in [1.165, 1.54) is 4.88 Å². The molecule has 0 aliphatic carbocycles. The molecular weight excluding hydrogens is 142 g/mol. The van der Waals surface area contributed by atoms with Gasteiger partial charge in [-0.15, -0.1) is 17.9 Å². The van der Waals surface area contributed by atoms with Crippen molar-refractivity contribution in [1.82, 2.24) is 5.32 Å². The molecule has 0 unspecified atom stereocenters. The van der Waals surface area contributed by atoms with Gasteiger partial charge in [-0.3, -0.25) is 0 Å². The molecule has 0 saturated carbocycles. The summed E-state index contributed by atoms with van der Waals surface area (Å²) in [6.45, 7) is 5.47. The van der Waals surface area contributed by atoms with Gasteiger partial charge in [-0.05, 0) is 11.4 Å². The molecule has 10 heavy (non-hydrogen) atoms. The van der Waals surface area contributed by atoms with Gasteiger partial charge in [-0.2, -0.15) is 0 Å². The molecule has 0 fully saturated rings. The monoisotopic (exact) mass is 153 g/mol. The zero-order chi connectivity index (χ0) is 7.23. The molecule has 2 heteroatoms. The summed E-state index contributed by atoms with van der Waals surface area (Å²) in [7, 11) is 0. The summed E-state index contributed by atoms with van der Waals surface area (Å²) >= 11 is 1.78. The maximum Gasteiger partial charge on any atom is 0.0302 e. The number of thiophene rings is 1. The number of hydrogen-bond acceptors (Lipinski definition) is 2. The first-order chi connectivity index (χ1) is 4.93. The van der Waals surface area contributed by atoms with Crippen LogP contribution in [0.1, 0.15) is 4.88 Å². The molecule has 1 aromatic heterocycles. The van der Waals surface area contributed by atoms with Crippen LogP contribution in [-0.2, 0) is 6.54 Å². The van der Waals surface area contributed by atoms with E-state index in [9.17, 15) is 0 Å². The lowest BCUT2D eigenvalue weighted by Gasteiger charge is -1.95. The second-order valence-electron chi connectivity index (χ2n) is 2.00. The minimum Gasteiger partial charge on any atom is -0.308 e. The second-order valence-corrected chi connectivity index (χ2v) is 3.03. The van der Waals surface area contributed by atoms with Gasteiger partial charge < -0.3 is 5.32 Å². The van der Waals surface area contributed by atoms with E-state index in [-0.39, 0.29) is 0 Å². The van der Waals surface area contributed by atoms with Gasteiger partial charge in [0.25, 0.3) is 0 Å². The van der Waals surface area contributed by atoms with Crippen LogP contribution in [0.5, 0.6) is 0 Å². The van der Waals surface area contributed by atoms with E-state index in [4.69, 9.17) is 0 Å². The minimum atomic E-state index is 0.887. The maximum absolute atomic E-state index is 3.62. The van der Waals surface area contributed by atoms with Crippen molar-refractivity contribution in [3.8, 4) is 0 Å². The topological polar surface area (TPSA) is 12.0 Å². The number of nitrogens with one attached hydrogen (secondary N) is 1. The van der Waals surface area contributed by atoms with E-state index in [2.05, 4.69) is 29.4 Å². The molecule has 0 aromatic carbocycles. The predicted molar refractivity (Wildman–Crippen MR) is 46.2 cm³/mol. The van der Waals surface area contributed by atoms with Crippen molar-refractivity contribution in [3.05, 3.63) is 35.0 Å². The van der Waals surface area contributed by atoms with Gasteiger partial charge in [0.15, 0.2) is 0 Å². The van der Waals surface area contributed by atoms with E-state index < -0.39 is 0 Å². The quantitative estimate of drug-likeness (QED) is 0.515. The maximum atomic E-state index is 3.62. The molecule has 0 aliphatic rings. The van der Waals surface area contributed by atoms with Gasteiger partial charge in [0, 0.05) is 18.0 Å². The first kappa shape index (κ1) is 7.51. The second kappa shape index (κ2) is 4.25. The van der Waals surface area contributed by atoms with Gasteiger partial charge in [0.2, 0.25) is 0 Å². The molecule has 0 atom stereocenters. The smallest absolute Gasteiger partial charge is 0.0302 e. The molecule has 0 bridgehead atoms. The molecule has 0 aliphatic heterocycles. The molecule has 0 amide bonds. The van der Waals surface area contributed by atoms with Crippen molar-refractivity contribution in [2.75, 3.05) is 6.54 Å². The highest BCUT2D eigenvalue weighted by atomic mass is 32.1. The Morgan fingerprint density at radius 3 is 3.20 bits per heavy atom. The summed E-state index contributed by atoms with van der Waals surface area (Å²) in [6.07, 6.45) is 1.87. The predicted octanol–water partition coefficient (Wildman–Crippen LogP) is 2.02. The van der Waals surface area contributed by atoms with Crippen LogP contribution >= 0.6 is 11.3 Å². The zero-order valence-corrected chi connectivity index (χ0v) is 6.66. The van der Waals surface area contributed by atoms with E-state index in [0.717, 1.165) is 13.1 Å². The Morgan fingerprint density at radius 2 is 2.60 bits per heavy atom. The molecule has 0 radical (unpaired) electrons. The lowest BCUT2D eigenvalue weighted by Crippen LogP contribution is -2.11. The standard InChI is InChI=1S/C8H11NS/c1-2-5-9-7-8-4-3-6-10-8/h2-4,6,9H,1,5,7H2. The molecule has 54 valence electrons. The Hall–Kier alpha value is -0.600. The van der Waals surface area contributed by atoms with Crippen LogP contribution in [0.2, 0.25) is 0 Å². The van der Waals surface area contributed by atoms with Crippen LogP contribution < -0.4 is 5.32 Å². The summed E-state index contributed by atoms with van der Waals surface area (Å²) < 4.78 is 0. The summed E-state index contributed by atoms with van der Waals surface area (Å²) in [4.78, 5) is 1.38. The number of rotatable bonds is 4. The van der Waals surface area contributed by atoms with Gasteiger partial charge in [0.1, 0.15) is 0 Å². The molecule has 0 saturated heterocycles. The van der Waals surface area contributed by atoms with Crippen molar-refractivity contribution in [2.45, 2.75) is 6.54 Å². The van der Waals surface area contributed by atoms with Crippen LogP contribution in [0.4, 0.5) is 0 Å². The molecule has 1 nitrogen and oxygen atoms in total. The van der Waals surface area contributed by atoms with Gasteiger partial charge in [-0.1, -0.05) is 12.1 Å². The lowest BCUT2D eigenvalue weighted by atomic mass is 10.4. The summed E-state index contributed by atoms with van der Waals surface area (Å²) in [6, 6.07) is 4.19. The summed E-state index contributed by atoms with van der Waals surface area (Å²) in [5, 5.41) is 5.32. The van der Waals surface area contributed by atoms with Crippen molar-refractivity contribution < 1.29 is 0 Å². The van der Waals surface area contributed by atoms with Crippen molar-refractivity contribution in [2.24, 2.45) is 0 Å². The van der Waals surface area contributed by atoms with E-state index in [1.807, 2.05) is 6.08 Å². The fraction of sp³-hybridized carbons (Fsp3) is 0.250. The first-order valence-electron chi connectivity index (χ1n) is 3.27. The lowest BCUT2D eigenvalue weighted by molar-refractivity contribution is 0.771. The largest absolute Gasteiger partial charge is 0.308 e. The molecule has 0 spiro atoms. The van der Waals surface area contributed by atoms with Crippen molar-refractivity contribution in [3.63, 3.8) is 0 Å². The first-order valence-corrected chi connectivity index (χ1v) is 4.15. The van der Waals surface area contributed by atoms with Crippen molar-refractivity contribution >= 4 is 11.3 Å². The third-order valence-corrected chi connectivity index (χ3v) is 2.04. The normalized spacial score (nSPS) is 9.60. The van der Waals surface area contributed by atoms with Gasteiger partial charge >= 0.3 is 0 Å². The van der Waals surface area contributed by atoms with Gasteiger partial charge in [-0.25, -0.2) is 0 Å². The molecule has 1 N–H and O–H groups in total. The van der Waals surface area contributed by atoms with Gasteiger partial charge in [0.05, 0.1) is 0 Å². The van der Waals surface area contributed by atoms with Crippen LogP contribution in [0.25, 0.3) is 0 Å². The Balaban J connectivity index is 2.21. The zero-order valence-electron chi connectivity index (χ0n) is 5.84. The SMILES string of the molecule is C=CCNCc1cccs1. The Labute approximate surface area is 65.4 Å². The third kappa shape index (κ3) is 2.33. The minimum absolute atomic E-state index is 0.887. The number of hydrogen-bond donors (Lipinski definition) is 1. The van der Waals surface area contributed by atoms with E-state index in [0.29, 0.717) is 0 Å². The van der Waals surface area contributed by atoms with Crippen LogP contribution in [0.15, 0.2) is 30.2 Å². The highest BCUT2D eigenvalue weighted by Crippen LogP contribution is 2.06. The van der Waals surface area contributed by atoms with Crippen LogP contribution in [0.3, 0.4) is 0 Å². The molecule has 1 aromatic rings. The highest BCUT2D eigenvalue weighted by molar-refractivity contribution is 7.09. The summed E-state index contributed by atoms with van der Waals surface area (Å²) in [5.41, 5.74) is 0. The third-order valence-electron chi connectivity index (χ3n) is 1.17. The van der Waals surface area contributed by atoms with E-state index >= 15 is 0 Å². The highest BCUT2D eigenvalue weighted by Gasteiger charge is 1.88. The van der Waals surface area contributed by atoms with Crippen molar-refractivity contribution in [1.29, 1.82) is 0 Å². The Morgan fingerprint density at radius 1 is 1.70 bits per heavy atom. The fourth-order valence-corrected chi connectivity index (χ4v) is 1.39. The van der Waals surface area contributed by atoms with Crippen LogP contribution in [0, 0.1) is 0 Å². The van der Waals surface area contributed by atoms with E-state index in [1.54, 1.807) is 11.3 Å². The average Bonchev–Trinajstić information content (AvgIpc) is 2.41.